The average molecular weight is 238 g/mol. The van der Waals surface area contributed by atoms with E-state index in [4.69, 9.17) is 0 Å². The molecular weight excluding hydrogens is 220 g/mol. The highest BCUT2D eigenvalue weighted by molar-refractivity contribution is 7.11. The van der Waals surface area contributed by atoms with Crippen LogP contribution in [0.2, 0.25) is 0 Å². The second-order valence-corrected chi connectivity index (χ2v) is 5.19. The standard InChI is InChI=1S/C11H18N4S/c1-3-9-7-13-10(16-9)4-5-12-11-14-6-8(2)15-11/h7-8H,3-6H2,1-2H3,(H2,12,14,15). The van der Waals surface area contributed by atoms with Gasteiger partial charge in [-0.1, -0.05) is 6.92 Å². The topological polar surface area (TPSA) is 49.3 Å². The van der Waals surface area contributed by atoms with Crippen LogP contribution in [0.1, 0.15) is 23.7 Å². The molecule has 1 aliphatic rings. The van der Waals surface area contributed by atoms with E-state index in [0.29, 0.717) is 6.04 Å². The van der Waals surface area contributed by atoms with Gasteiger partial charge >= 0.3 is 0 Å². The van der Waals surface area contributed by atoms with Crippen LogP contribution in [-0.2, 0) is 12.8 Å². The molecular formula is C11H18N4S. The van der Waals surface area contributed by atoms with E-state index in [9.17, 15) is 0 Å². The average Bonchev–Trinajstić information content (AvgIpc) is 2.88. The van der Waals surface area contributed by atoms with Crippen molar-refractivity contribution in [1.29, 1.82) is 0 Å². The Bertz CT molecular complexity index is 372. The SMILES string of the molecule is CCc1cnc(CCNC2=NCC(C)N2)s1. The number of aliphatic imine (C=N–C) groups is 1. The smallest absolute Gasteiger partial charge is 0.191 e. The fraction of sp³-hybridized carbons (Fsp3) is 0.636. The lowest BCUT2D eigenvalue weighted by atomic mass is 10.4. The summed E-state index contributed by atoms with van der Waals surface area (Å²) in [6.07, 6.45) is 4.03. The molecule has 1 aromatic heterocycles. The van der Waals surface area contributed by atoms with E-state index in [1.54, 1.807) is 11.3 Å². The fourth-order valence-corrected chi connectivity index (χ4v) is 2.44. The van der Waals surface area contributed by atoms with Gasteiger partial charge in [0.05, 0.1) is 11.6 Å². The van der Waals surface area contributed by atoms with Gasteiger partial charge in [-0.25, -0.2) is 4.98 Å². The second-order valence-electron chi connectivity index (χ2n) is 3.99. The van der Waals surface area contributed by atoms with Gasteiger partial charge < -0.3 is 10.6 Å². The molecule has 2 N–H and O–H groups in total. The van der Waals surface area contributed by atoms with Crippen molar-refractivity contribution in [1.82, 2.24) is 15.6 Å². The Morgan fingerprint density at radius 3 is 3.12 bits per heavy atom. The molecule has 0 amide bonds. The predicted octanol–water partition coefficient (Wildman–Crippen LogP) is 1.19. The number of thiazole rings is 1. The summed E-state index contributed by atoms with van der Waals surface area (Å²) in [6, 6.07) is 0.467. The van der Waals surface area contributed by atoms with Crippen molar-refractivity contribution in [2.45, 2.75) is 32.7 Å². The van der Waals surface area contributed by atoms with Crippen LogP contribution in [0.25, 0.3) is 0 Å². The van der Waals surface area contributed by atoms with Crippen LogP contribution < -0.4 is 10.6 Å². The molecule has 0 bridgehead atoms. The minimum atomic E-state index is 0.467. The second kappa shape index (κ2) is 5.30. The number of hydrogen-bond donors (Lipinski definition) is 2. The third-order valence-electron chi connectivity index (χ3n) is 2.49. The van der Waals surface area contributed by atoms with E-state index in [2.05, 4.69) is 34.5 Å². The fourth-order valence-electron chi connectivity index (χ4n) is 1.57. The van der Waals surface area contributed by atoms with Gasteiger partial charge in [-0.15, -0.1) is 11.3 Å². The van der Waals surface area contributed by atoms with E-state index < -0.39 is 0 Å². The maximum absolute atomic E-state index is 4.38. The van der Waals surface area contributed by atoms with Crippen LogP contribution in [0.4, 0.5) is 0 Å². The highest BCUT2D eigenvalue weighted by Gasteiger charge is 2.11. The van der Waals surface area contributed by atoms with Crippen LogP contribution in [0.15, 0.2) is 11.2 Å². The molecule has 0 aromatic carbocycles. The molecule has 5 heteroatoms. The molecule has 16 heavy (non-hydrogen) atoms. The summed E-state index contributed by atoms with van der Waals surface area (Å²) in [5.41, 5.74) is 0. The number of aromatic nitrogens is 1. The first kappa shape index (κ1) is 11.4. The molecule has 0 radical (unpaired) electrons. The third-order valence-corrected chi connectivity index (χ3v) is 3.69. The minimum absolute atomic E-state index is 0.467. The third kappa shape index (κ3) is 2.95. The zero-order valence-electron chi connectivity index (χ0n) is 9.79. The molecule has 1 aliphatic heterocycles. The quantitative estimate of drug-likeness (QED) is 0.828. The number of guanidine groups is 1. The monoisotopic (exact) mass is 238 g/mol. The zero-order chi connectivity index (χ0) is 11.4. The molecule has 1 atom stereocenters. The van der Waals surface area contributed by atoms with Crippen molar-refractivity contribution < 1.29 is 0 Å². The van der Waals surface area contributed by atoms with Gasteiger partial charge in [0, 0.05) is 30.1 Å². The van der Waals surface area contributed by atoms with Crippen molar-refractivity contribution in [2.24, 2.45) is 4.99 Å². The molecule has 1 aromatic rings. The Morgan fingerprint density at radius 1 is 1.62 bits per heavy atom. The Labute approximate surface area is 100 Å². The van der Waals surface area contributed by atoms with Gasteiger partial charge in [0.25, 0.3) is 0 Å². The Balaban J connectivity index is 1.72. The van der Waals surface area contributed by atoms with Crippen molar-refractivity contribution in [3.05, 3.63) is 16.1 Å². The molecule has 1 unspecified atom stereocenters. The van der Waals surface area contributed by atoms with E-state index >= 15 is 0 Å². The normalized spacial score (nSPS) is 19.4. The number of nitrogens with zero attached hydrogens (tertiary/aromatic N) is 2. The molecule has 0 saturated heterocycles. The highest BCUT2D eigenvalue weighted by Crippen LogP contribution is 2.13. The lowest BCUT2D eigenvalue weighted by Gasteiger charge is -2.07. The molecule has 0 fully saturated rings. The first-order valence-corrected chi connectivity index (χ1v) is 6.58. The number of nitrogens with one attached hydrogen (secondary N) is 2. The molecule has 2 rings (SSSR count). The molecule has 0 aliphatic carbocycles. The van der Waals surface area contributed by atoms with Gasteiger partial charge in [-0.05, 0) is 13.3 Å². The number of aryl methyl sites for hydroxylation is 1. The lowest BCUT2D eigenvalue weighted by Crippen LogP contribution is -2.38. The largest absolute Gasteiger partial charge is 0.356 e. The van der Waals surface area contributed by atoms with E-state index in [1.807, 2.05) is 6.20 Å². The van der Waals surface area contributed by atoms with Crippen molar-refractivity contribution in [3.63, 3.8) is 0 Å². The molecule has 88 valence electrons. The van der Waals surface area contributed by atoms with Gasteiger partial charge in [-0.2, -0.15) is 0 Å². The van der Waals surface area contributed by atoms with Crippen molar-refractivity contribution in [2.75, 3.05) is 13.1 Å². The Morgan fingerprint density at radius 2 is 2.50 bits per heavy atom. The summed E-state index contributed by atoms with van der Waals surface area (Å²) in [6.45, 7) is 6.06. The summed E-state index contributed by atoms with van der Waals surface area (Å²) >= 11 is 1.80. The van der Waals surface area contributed by atoms with Crippen LogP contribution in [0, 0.1) is 0 Å². The van der Waals surface area contributed by atoms with Crippen LogP contribution in [0.3, 0.4) is 0 Å². The van der Waals surface area contributed by atoms with E-state index in [1.165, 1.54) is 9.88 Å². The van der Waals surface area contributed by atoms with Crippen molar-refractivity contribution in [3.8, 4) is 0 Å². The predicted molar refractivity (Wildman–Crippen MR) is 68.1 cm³/mol. The maximum Gasteiger partial charge on any atom is 0.191 e. The summed E-state index contributed by atoms with van der Waals surface area (Å²) in [5.74, 6) is 0.930. The van der Waals surface area contributed by atoms with Gasteiger partial charge in [0.15, 0.2) is 5.96 Å². The maximum atomic E-state index is 4.38. The van der Waals surface area contributed by atoms with Gasteiger partial charge in [0.1, 0.15) is 0 Å². The summed E-state index contributed by atoms with van der Waals surface area (Å²) in [5, 5.41) is 7.78. The van der Waals surface area contributed by atoms with Crippen LogP contribution in [0.5, 0.6) is 0 Å². The first-order valence-electron chi connectivity index (χ1n) is 5.76. The number of rotatable bonds is 4. The number of hydrogen-bond acceptors (Lipinski definition) is 5. The summed E-state index contributed by atoms with van der Waals surface area (Å²) < 4.78 is 0. The summed E-state index contributed by atoms with van der Waals surface area (Å²) in [7, 11) is 0. The molecule has 4 nitrogen and oxygen atoms in total. The van der Waals surface area contributed by atoms with Gasteiger partial charge in [-0.3, -0.25) is 4.99 Å². The lowest BCUT2D eigenvalue weighted by molar-refractivity contribution is 0.712. The van der Waals surface area contributed by atoms with Crippen LogP contribution >= 0.6 is 11.3 Å². The zero-order valence-corrected chi connectivity index (χ0v) is 10.6. The molecule has 0 spiro atoms. The van der Waals surface area contributed by atoms with Gasteiger partial charge in [0.2, 0.25) is 0 Å². The Kier molecular flexibility index (Phi) is 3.77. The van der Waals surface area contributed by atoms with Crippen LogP contribution in [-0.4, -0.2) is 30.1 Å². The summed E-state index contributed by atoms with van der Waals surface area (Å²) in [4.78, 5) is 10.1. The minimum Gasteiger partial charge on any atom is -0.356 e. The first-order chi connectivity index (χ1) is 7.78. The van der Waals surface area contributed by atoms with E-state index in [-0.39, 0.29) is 0 Å². The molecule has 2 heterocycles. The molecule has 0 saturated carbocycles. The highest BCUT2D eigenvalue weighted by atomic mass is 32.1. The van der Waals surface area contributed by atoms with Crippen molar-refractivity contribution >= 4 is 17.3 Å². The van der Waals surface area contributed by atoms with E-state index in [0.717, 1.165) is 31.9 Å². The Hall–Kier alpha value is -1.10.